The Morgan fingerprint density at radius 1 is 1.29 bits per heavy atom. The molecule has 1 saturated carbocycles. The second-order valence-corrected chi connectivity index (χ2v) is 10.7. The molecule has 0 radical (unpaired) electrons. The maximum absolute atomic E-state index is 13.8. The number of anilines is 1. The summed E-state index contributed by atoms with van der Waals surface area (Å²) in [4.78, 5) is 34.7. The standard InChI is InChI=1S/C24H35N7O3/c1-24(2,3)21(31-14-19(27-28-31)15-6-7-15)23(34)30-13-18(32)11-20(30)22(33)26-12-16-10-17(29(4)5)8-9-25-16/h8-10,14-15,18,20-21,32H,6-7,11-13H2,1-5H3,(H,26,33)/t18?,20?,21-/m1/s1. The van der Waals surface area contributed by atoms with Crippen LogP contribution >= 0.6 is 0 Å². The van der Waals surface area contributed by atoms with E-state index in [1.807, 2.05) is 58.1 Å². The van der Waals surface area contributed by atoms with Crippen LogP contribution in [-0.4, -0.2) is 74.6 Å². The molecule has 2 aliphatic rings. The molecule has 0 bridgehead atoms. The van der Waals surface area contributed by atoms with Crippen LogP contribution in [0.1, 0.15) is 63.4 Å². The summed E-state index contributed by atoms with van der Waals surface area (Å²) < 4.78 is 1.63. The molecular formula is C24H35N7O3. The molecular weight excluding hydrogens is 434 g/mol. The van der Waals surface area contributed by atoms with Gasteiger partial charge in [-0.15, -0.1) is 5.10 Å². The Hall–Kier alpha value is -3.01. The minimum Gasteiger partial charge on any atom is -0.391 e. The normalized spacial score (nSPS) is 21.4. The summed E-state index contributed by atoms with van der Waals surface area (Å²) in [5.41, 5.74) is 2.15. The van der Waals surface area contributed by atoms with Crippen molar-refractivity contribution >= 4 is 17.5 Å². The average Bonchev–Trinajstić information content (AvgIpc) is 3.38. The zero-order valence-corrected chi connectivity index (χ0v) is 20.6. The Balaban J connectivity index is 1.50. The zero-order chi connectivity index (χ0) is 24.6. The van der Waals surface area contributed by atoms with E-state index in [0.717, 1.165) is 29.9 Å². The zero-order valence-electron chi connectivity index (χ0n) is 20.6. The number of aromatic nitrogens is 4. The van der Waals surface area contributed by atoms with Gasteiger partial charge in [0, 0.05) is 51.1 Å². The first kappa shape index (κ1) is 24.1. The maximum atomic E-state index is 13.8. The van der Waals surface area contributed by atoms with Crippen molar-refractivity contribution < 1.29 is 14.7 Å². The van der Waals surface area contributed by atoms with Gasteiger partial charge in [0.2, 0.25) is 11.8 Å². The third-order valence-corrected chi connectivity index (χ3v) is 6.47. The lowest BCUT2D eigenvalue weighted by atomic mass is 9.85. The van der Waals surface area contributed by atoms with E-state index in [1.54, 1.807) is 10.9 Å². The van der Waals surface area contributed by atoms with Crippen molar-refractivity contribution in [1.29, 1.82) is 0 Å². The fraction of sp³-hybridized carbons (Fsp3) is 0.625. The van der Waals surface area contributed by atoms with Crippen molar-refractivity contribution in [2.24, 2.45) is 5.41 Å². The fourth-order valence-corrected chi connectivity index (χ4v) is 4.46. The Kier molecular flexibility index (Phi) is 6.62. The van der Waals surface area contributed by atoms with Gasteiger partial charge in [-0.1, -0.05) is 26.0 Å². The summed E-state index contributed by atoms with van der Waals surface area (Å²) in [6.45, 7) is 6.27. The van der Waals surface area contributed by atoms with Crippen LogP contribution in [0.5, 0.6) is 0 Å². The Morgan fingerprint density at radius 3 is 2.68 bits per heavy atom. The smallest absolute Gasteiger partial charge is 0.248 e. The van der Waals surface area contributed by atoms with Crippen molar-refractivity contribution in [3.05, 3.63) is 35.9 Å². The van der Waals surface area contributed by atoms with E-state index in [-0.39, 0.29) is 31.3 Å². The topological polar surface area (TPSA) is 116 Å². The SMILES string of the molecule is CN(C)c1ccnc(CNC(=O)C2CC(O)CN2C(=O)[C@@H](n2cc(C3CC3)nn2)C(C)(C)C)c1. The molecule has 0 aromatic carbocycles. The predicted octanol–water partition coefficient (Wildman–Crippen LogP) is 1.48. The van der Waals surface area contributed by atoms with Gasteiger partial charge < -0.3 is 20.2 Å². The minimum atomic E-state index is -0.756. The molecule has 1 aliphatic carbocycles. The van der Waals surface area contributed by atoms with Crippen molar-refractivity contribution in [1.82, 2.24) is 30.2 Å². The van der Waals surface area contributed by atoms with Crippen molar-refractivity contribution in [3.63, 3.8) is 0 Å². The molecule has 2 fully saturated rings. The van der Waals surface area contributed by atoms with E-state index >= 15 is 0 Å². The third-order valence-electron chi connectivity index (χ3n) is 6.47. The highest BCUT2D eigenvalue weighted by molar-refractivity contribution is 5.90. The molecule has 34 heavy (non-hydrogen) atoms. The van der Waals surface area contributed by atoms with E-state index in [1.165, 1.54) is 4.90 Å². The quantitative estimate of drug-likeness (QED) is 0.631. The second kappa shape index (κ2) is 9.32. The van der Waals surface area contributed by atoms with Crippen molar-refractivity contribution in [3.8, 4) is 0 Å². The first-order valence-corrected chi connectivity index (χ1v) is 11.8. The molecule has 2 N–H and O–H groups in total. The van der Waals surface area contributed by atoms with E-state index in [9.17, 15) is 14.7 Å². The van der Waals surface area contributed by atoms with E-state index in [4.69, 9.17) is 0 Å². The number of carbonyl (C=O) groups is 2. The van der Waals surface area contributed by atoms with Crippen LogP contribution in [-0.2, 0) is 16.1 Å². The second-order valence-electron chi connectivity index (χ2n) is 10.7. The molecule has 3 atom stereocenters. The fourth-order valence-electron chi connectivity index (χ4n) is 4.46. The van der Waals surface area contributed by atoms with Crippen molar-refractivity contribution in [2.45, 2.75) is 70.7 Å². The van der Waals surface area contributed by atoms with Crippen molar-refractivity contribution in [2.75, 3.05) is 25.5 Å². The molecule has 3 heterocycles. The molecule has 2 aromatic heterocycles. The maximum Gasteiger partial charge on any atom is 0.248 e. The van der Waals surface area contributed by atoms with Crippen LogP contribution in [0, 0.1) is 5.41 Å². The minimum absolute atomic E-state index is 0.113. The molecule has 2 aromatic rings. The van der Waals surface area contributed by atoms with Crippen LogP contribution in [0.2, 0.25) is 0 Å². The van der Waals surface area contributed by atoms with Crippen LogP contribution in [0.4, 0.5) is 5.69 Å². The monoisotopic (exact) mass is 469 g/mol. The number of nitrogens with zero attached hydrogens (tertiary/aromatic N) is 6. The summed E-state index contributed by atoms with van der Waals surface area (Å²) in [5.74, 6) is -0.104. The van der Waals surface area contributed by atoms with E-state index in [0.29, 0.717) is 5.92 Å². The van der Waals surface area contributed by atoms with E-state index in [2.05, 4.69) is 20.6 Å². The van der Waals surface area contributed by atoms with Gasteiger partial charge in [0.1, 0.15) is 12.1 Å². The first-order chi connectivity index (χ1) is 16.0. The van der Waals surface area contributed by atoms with Gasteiger partial charge in [0.15, 0.2) is 0 Å². The summed E-state index contributed by atoms with van der Waals surface area (Å²) in [6, 6.07) is 2.41. The summed E-state index contributed by atoms with van der Waals surface area (Å²) >= 11 is 0. The lowest BCUT2D eigenvalue weighted by Crippen LogP contribution is -2.50. The first-order valence-electron chi connectivity index (χ1n) is 11.8. The highest BCUT2D eigenvalue weighted by atomic mass is 16.3. The molecule has 1 saturated heterocycles. The van der Waals surface area contributed by atoms with Gasteiger partial charge in [-0.2, -0.15) is 0 Å². The number of hydrogen-bond acceptors (Lipinski definition) is 7. The van der Waals surface area contributed by atoms with Crippen LogP contribution in [0.15, 0.2) is 24.5 Å². The largest absolute Gasteiger partial charge is 0.391 e. The number of aliphatic hydroxyl groups is 1. The number of pyridine rings is 1. The number of hydrogen-bond donors (Lipinski definition) is 2. The summed E-state index contributed by atoms with van der Waals surface area (Å²) in [7, 11) is 3.88. The highest BCUT2D eigenvalue weighted by Crippen LogP contribution is 2.40. The lowest BCUT2D eigenvalue weighted by molar-refractivity contribution is -0.144. The number of carbonyl (C=O) groups excluding carboxylic acids is 2. The molecule has 10 heteroatoms. The van der Waals surface area contributed by atoms with Crippen LogP contribution in [0.25, 0.3) is 0 Å². The number of nitrogens with one attached hydrogen (secondary N) is 1. The molecule has 2 amide bonds. The predicted molar refractivity (Wildman–Crippen MR) is 127 cm³/mol. The van der Waals surface area contributed by atoms with Gasteiger partial charge >= 0.3 is 0 Å². The molecule has 0 spiro atoms. The van der Waals surface area contributed by atoms with Gasteiger partial charge in [-0.25, -0.2) is 4.68 Å². The average molecular weight is 470 g/mol. The molecule has 10 nitrogen and oxygen atoms in total. The number of aliphatic hydroxyl groups excluding tert-OH is 1. The Bertz CT molecular complexity index is 1040. The third kappa shape index (κ3) is 5.22. The summed E-state index contributed by atoms with van der Waals surface area (Å²) in [6.07, 6.45) is 5.20. The van der Waals surface area contributed by atoms with Gasteiger partial charge in [0.05, 0.1) is 24.0 Å². The van der Waals surface area contributed by atoms with Gasteiger partial charge in [0.25, 0.3) is 0 Å². The van der Waals surface area contributed by atoms with Crippen LogP contribution < -0.4 is 10.2 Å². The number of β-amino-alcohol motifs (C(OH)–C–C–N with tert-alkyl or cyclic N) is 1. The highest BCUT2D eigenvalue weighted by Gasteiger charge is 2.45. The Labute approximate surface area is 200 Å². The molecule has 4 rings (SSSR count). The van der Waals surface area contributed by atoms with Crippen LogP contribution in [0.3, 0.4) is 0 Å². The summed E-state index contributed by atoms with van der Waals surface area (Å²) in [5, 5.41) is 21.8. The number of amides is 2. The number of likely N-dealkylation sites (tertiary alicyclic amines) is 1. The Morgan fingerprint density at radius 2 is 2.03 bits per heavy atom. The molecule has 1 aliphatic heterocycles. The number of rotatable bonds is 7. The lowest BCUT2D eigenvalue weighted by Gasteiger charge is -2.34. The molecule has 184 valence electrons. The van der Waals surface area contributed by atoms with E-state index < -0.39 is 23.6 Å². The van der Waals surface area contributed by atoms with Gasteiger partial charge in [-0.3, -0.25) is 14.6 Å². The van der Waals surface area contributed by atoms with Gasteiger partial charge in [-0.05, 0) is 30.4 Å². The molecule has 2 unspecified atom stereocenters.